The highest BCUT2D eigenvalue weighted by Crippen LogP contribution is 2.34. The predicted molar refractivity (Wildman–Crippen MR) is 107 cm³/mol. The molecule has 2 amide bonds. The molecular weight excluding hydrogens is 356 g/mol. The molecule has 0 bridgehead atoms. The number of ketones is 1. The summed E-state index contributed by atoms with van der Waals surface area (Å²) in [6.07, 6.45) is 0.459. The Morgan fingerprint density at radius 1 is 1.11 bits per heavy atom. The second kappa shape index (κ2) is 8.69. The highest BCUT2D eigenvalue weighted by Gasteiger charge is 2.29. The number of hydrogen-bond donors (Lipinski definition) is 1. The minimum Gasteiger partial charge on any atom is -0.479 e. The predicted octanol–water partition coefficient (Wildman–Crippen LogP) is 2.75. The molecule has 2 aromatic carbocycles. The maximum atomic E-state index is 12.5. The minimum absolute atomic E-state index is 0.116. The van der Waals surface area contributed by atoms with Gasteiger partial charge in [-0.3, -0.25) is 14.4 Å². The minimum atomic E-state index is -0.543. The van der Waals surface area contributed by atoms with Crippen molar-refractivity contribution in [1.29, 1.82) is 0 Å². The number of ether oxygens (including phenoxy) is 1. The number of fused-ring (bicyclic) bond motifs is 1. The van der Waals surface area contributed by atoms with Crippen LogP contribution in [-0.2, 0) is 16.0 Å². The number of amides is 2. The van der Waals surface area contributed by atoms with E-state index in [1.807, 2.05) is 30.3 Å². The third-order valence-electron chi connectivity index (χ3n) is 4.78. The summed E-state index contributed by atoms with van der Waals surface area (Å²) >= 11 is 0. The molecule has 1 heterocycles. The van der Waals surface area contributed by atoms with Crippen LogP contribution in [0.3, 0.4) is 0 Å². The molecule has 0 fully saturated rings. The van der Waals surface area contributed by atoms with E-state index in [0.29, 0.717) is 23.5 Å². The zero-order chi connectivity index (χ0) is 20.1. The van der Waals surface area contributed by atoms with Crippen molar-refractivity contribution in [2.75, 3.05) is 18.5 Å². The molecule has 0 spiro atoms. The summed E-state index contributed by atoms with van der Waals surface area (Å²) in [6, 6.07) is 14.9. The number of benzene rings is 2. The van der Waals surface area contributed by atoms with Gasteiger partial charge in [-0.15, -0.1) is 0 Å². The summed E-state index contributed by atoms with van der Waals surface area (Å²) in [5, 5.41) is 2.84. The van der Waals surface area contributed by atoms with E-state index in [2.05, 4.69) is 5.32 Å². The van der Waals surface area contributed by atoms with Gasteiger partial charge in [0.1, 0.15) is 5.75 Å². The van der Waals surface area contributed by atoms with Crippen LogP contribution in [0.4, 0.5) is 5.69 Å². The molecule has 0 saturated heterocycles. The quantitative estimate of drug-likeness (QED) is 0.750. The Labute approximate surface area is 164 Å². The van der Waals surface area contributed by atoms with E-state index >= 15 is 0 Å². The Morgan fingerprint density at radius 2 is 1.86 bits per heavy atom. The van der Waals surface area contributed by atoms with Crippen LogP contribution in [0.25, 0.3) is 0 Å². The van der Waals surface area contributed by atoms with Crippen LogP contribution < -0.4 is 15.0 Å². The first-order valence-electron chi connectivity index (χ1n) is 9.38. The van der Waals surface area contributed by atoms with Crippen LogP contribution in [0.5, 0.6) is 5.75 Å². The van der Waals surface area contributed by atoms with Gasteiger partial charge in [0.05, 0.1) is 5.69 Å². The maximum absolute atomic E-state index is 12.5. The second-order valence-corrected chi connectivity index (χ2v) is 6.85. The maximum Gasteiger partial charge on any atom is 0.267 e. The first kappa shape index (κ1) is 19.6. The summed E-state index contributed by atoms with van der Waals surface area (Å²) in [5.41, 5.74) is 2.19. The number of rotatable bonds is 7. The molecule has 1 N–H and O–H groups in total. The smallest absolute Gasteiger partial charge is 0.267 e. The van der Waals surface area contributed by atoms with Crippen LogP contribution in [0.2, 0.25) is 0 Å². The third kappa shape index (κ3) is 4.57. The topological polar surface area (TPSA) is 75.7 Å². The van der Waals surface area contributed by atoms with E-state index in [1.54, 1.807) is 32.2 Å². The average Bonchev–Trinajstić information content (AvgIpc) is 2.71. The molecule has 0 saturated carbocycles. The largest absolute Gasteiger partial charge is 0.479 e. The first-order valence-corrected chi connectivity index (χ1v) is 9.38. The van der Waals surface area contributed by atoms with E-state index < -0.39 is 6.10 Å². The number of Topliss-reactive ketones (excluding diaryl/α,β-unsaturated/α-hetero) is 1. The summed E-state index contributed by atoms with van der Waals surface area (Å²) in [5.74, 6) is 0.131. The lowest BCUT2D eigenvalue weighted by molar-refractivity contribution is -0.125. The number of carbonyl (C=O) groups is 3. The third-order valence-corrected chi connectivity index (χ3v) is 4.78. The molecule has 146 valence electrons. The molecule has 1 aliphatic rings. The zero-order valence-corrected chi connectivity index (χ0v) is 16.1. The Balaban J connectivity index is 1.51. The highest BCUT2D eigenvalue weighted by atomic mass is 16.5. The molecule has 0 aliphatic carbocycles. The van der Waals surface area contributed by atoms with Crippen molar-refractivity contribution in [3.8, 4) is 5.75 Å². The molecule has 0 radical (unpaired) electrons. The van der Waals surface area contributed by atoms with Crippen LogP contribution in [0.15, 0.2) is 48.5 Å². The Hall–Kier alpha value is -3.15. The van der Waals surface area contributed by atoms with Gasteiger partial charge in [-0.25, -0.2) is 0 Å². The normalized spacial score (nSPS) is 15.6. The van der Waals surface area contributed by atoms with E-state index in [4.69, 9.17) is 4.74 Å². The average molecular weight is 380 g/mol. The van der Waals surface area contributed by atoms with Crippen molar-refractivity contribution >= 4 is 23.3 Å². The van der Waals surface area contributed by atoms with Gasteiger partial charge in [-0.1, -0.05) is 30.3 Å². The Morgan fingerprint density at radius 3 is 2.61 bits per heavy atom. The summed E-state index contributed by atoms with van der Waals surface area (Å²) in [7, 11) is 1.66. The lowest BCUT2D eigenvalue weighted by atomic mass is 10.0. The van der Waals surface area contributed by atoms with Gasteiger partial charge in [0.15, 0.2) is 11.9 Å². The van der Waals surface area contributed by atoms with Crippen molar-refractivity contribution < 1.29 is 19.1 Å². The fourth-order valence-electron chi connectivity index (χ4n) is 3.14. The highest BCUT2D eigenvalue weighted by molar-refractivity contribution is 6.03. The van der Waals surface area contributed by atoms with Crippen LogP contribution >= 0.6 is 0 Å². The van der Waals surface area contributed by atoms with Gasteiger partial charge in [0.25, 0.3) is 5.91 Å². The molecule has 3 rings (SSSR count). The molecule has 28 heavy (non-hydrogen) atoms. The first-order chi connectivity index (χ1) is 13.5. The molecule has 1 unspecified atom stereocenters. The number of anilines is 1. The summed E-state index contributed by atoms with van der Waals surface area (Å²) in [6.45, 7) is 2.23. The van der Waals surface area contributed by atoms with Crippen molar-refractivity contribution in [3.05, 3.63) is 59.7 Å². The monoisotopic (exact) mass is 380 g/mol. The Bertz CT molecular complexity index is 879. The summed E-state index contributed by atoms with van der Waals surface area (Å²) < 4.78 is 5.56. The van der Waals surface area contributed by atoms with Crippen molar-refractivity contribution in [2.45, 2.75) is 32.3 Å². The van der Waals surface area contributed by atoms with Crippen molar-refractivity contribution in [2.24, 2.45) is 0 Å². The fraction of sp³-hybridized carbons (Fsp3) is 0.318. The zero-order valence-electron chi connectivity index (χ0n) is 16.1. The molecule has 6 heteroatoms. The van der Waals surface area contributed by atoms with Crippen LogP contribution in [0.1, 0.15) is 35.7 Å². The van der Waals surface area contributed by atoms with Gasteiger partial charge in [0.2, 0.25) is 5.91 Å². The lowest BCUT2D eigenvalue weighted by Gasteiger charge is -2.30. The van der Waals surface area contributed by atoms with Gasteiger partial charge in [0, 0.05) is 32.0 Å². The van der Waals surface area contributed by atoms with E-state index in [9.17, 15) is 14.4 Å². The number of nitrogens with zero attached hydrogens (tertiary/aromatic N) is 1. The fourth-order valence-corrected chi connectivity index (χ4v) is 3.14. The van der Waals surface area contributed by atoms with Gasteiger partial charge in [-0.2, -0.15) is 0 Å². The lowest BCUT2D eigenvalue weighted by Crippen LogP contribution is -2.42. The van der Waals surface area contributed by atoms with Crippen LogP contribution in [0, 0.1) is 0 Å². The van der Waals surface area contributed by atoms with Gasteiger partial charge >= 0.3 is 0 Å². The van der Waals surface area contributed by atoms with E-state index in [-0.39, 0.29) is 30.4 Å². The molecule has 0 aromatic heterocycles. The number of hydrogen-bond acceptors (Lipinski definition) is 4. The van der Waals surface area contributed by atoms with E-state index in [1.165, 1.54) is 4.90 Å². The van der Waals surface area contributed by atoms with E-state index in [0.717, 1.165) is 12.0 Å². The van der Waals surface area contributed by atoms with Crippen molar-refractivity contribution in [3.63, 3.8) is 0 Å². The number of likely N-dealkylation sites (N-methyl/N-ethyl adjacent to an activating group) is 1. The number of nitrogens with one attached hydrogen (secondary N) is 1. The molecular formula is C22H24N2O4. The Kier molecular flexibility index (Phi) is 6.09. The molecule has 1 atom stereocenters. The molecule has 6 nitrogen and oxygen atoms in total. The molecule has 2 aromatic rings. The number of carbonyl (C=O) groups excluding carboxylic acids is 3. The van der Waals surface area contributed by atoms with Gasteiger partial charge < -0.3 is 15.0 Å². The standard InChI is InChI=1S/C22H24N2O4/c1-15-22(27)24(2)18-14-17(8-10-20(18)28-15)19(25)9-11-21(26)23-13-12-16-6-4-3-5-7-16/h3-8,10,14-15H,9,11-13H2,1-2H3,(H,23,26). The van der Waals surface area contributed by atoms with Gasteiger partial charge in [-0.05, 0) is 37.1 Å². The second-order valence-electron chi connectivity index (χ2n) is 6.85. The van der Waals surface area contributed by atoms with Crippen molar-refractivity contribution in [1.82, 2.24) is 5.32 Å². The summed E-state index contributed by atoms with van der Waals surface area (Å²) in [4.78, 5) is 38.0. The van der Waals surface area contributed by atoms with Crippen LogP contribution in [-0.4, -0.2) is 37.3 Å². The SMILES string of the molecule is CC1Oc2ccc(C(=O)CCC(=O)NCCc3ccccc3)cc2N(C)C1=O. The molecule has 1 aliphatic heterocycles.